The van der Waals surface area contributed by atoms with Gasteiger partial charge in [-0.25, -0.2) is 4.39 Å². The van der Waals surface area contributed by atoms with E-state index in [1.165, 1.54) is 25.3 Å². The molecular formula is C14H11FO3. The highest BCUT2D eigenvalue weighted by Gasteiger charge is 2.10. The van der Waals surface area contributed by atoms with Crippen LogP contribution in [0.15, 0.2) is 42.5 Å². The molecule has 18 heavy (non-hydrogen) atoms. The highest BCUT2D eigenvalue weighted by Crippen LogP contribution is 2.29. The maximum atomic E-state index is 13.6. The maximum absolute atomic E-state index is 13.6. The first-order chi connectivity index (χ1) is 8.74. The topological polar surface area (TPSA) is 35.5 Å². The van der Waals surface area contributed by atoms with Gasteiger partial charge in [-0.3, -0.25) is 4.79 Å². The molecule has 0 atom stereocenters. The van der Waals surface area contributed by atoms with Gasteiger partial charge in [0.25, 0.3) is 0 Å². The van der Waals surface area contributed by atoms with Crippen LogP contribution in [0.1, 0.15) is 10.4 Å². The molecule has 0 heterocycles. The van der Waals surface area contributed by atoms with Gasteiger partial charge in [0, 0.05) is 6.07 Å². The number of carbonyl (C=O) groups excluding carboxylic acids is 1. The molecule has 0 aromatic heterocycles. The quantitative estimate of drug-likeness (QED) is 0.775. The molecule has 0 unspecified atom stereocenters. The second kappa shape index (κ2) is 5.31. The van der Waals surface area contributed by atoms with Crippen molar-refractivity contribution < 1.29 is 18.7 Å². The third kappa shape index (κ3) is 2.48. The summed E-state index contributed by atoms with van der Waals surface area (Å²) in [7, 11) is 1.53. The monoisotopic (exact) mass is 246 g/mol. The van der Waals surface area contributed by atoms with Crippen LogP contribution in [-0.4, -0.2) is 13.4 Å². The summed E-state index contributed by atoms with van der Waals surface area (Å²) in [4.78, 5) is 10.8. The summed E-state index contributed by atoms with van der Waals surface area (Å²) in [5, 5.41) is 0. The smallest absolute Gasteiger partial charge is 0.173 e. The zero-order chi connectivity index (χ0) is 13.0. The molecule has 0 aliphatic heterocycles. The SMILES string of the molecule is COc1cccc(Oc2c(F)cccc2C=O)c1. The third-order valence-corrected chi connectivity index (χ3v) is 2.39. The lowest BCUT2D eigenvalue weighted by Gasteiger charge is -2.09. The second-order valence-corrected chi connectivity index (χ2v) is 3.56. The number of carbonyl (C=O) groups is 1. The van der Waals surface area contributed by atoms with E-state index in [0.717, 1.165) is 0 Å². The Morgan fingerprint density at radius 2 is 1.83 bits per heavy atom. The van der Waals surface area contributed by atoms with Gasteiger partial charge in [0.1, 0.15) is 11.5 Å². The van der Waals surface area contributed by atoms with E-state index in [0.29, 0.717) is 17.8 Å². The standard InChI is InChI=1S/C14H11FO3/c1-17-11-5-3-6-12(8-11)18-14-10(9-16)4-2-7-13(14)15/h2-9H,1H3. The van der Waals surface area contributed by atoms with Crippen LogP contribution in [-0.2, 0) is 0 Å². The van der Waals surface area contributed by atoms with Crippen LogP contribution in [0, 0.1) is 5.82 Å². The molecule has 0 saturated heterocycles. The number of rotatable bonds is 4. The van der Waals surface area contributed by atoms with Gasteiger partial charge < -0.3 is 9.47 Å². The van der Waals surface area contributed by atoms with E-state index in [9.17, 15) is 9.18 Å². The number of para-hydroxylation sites is 1. The van der Waals surface area contributed by atoms with Crippen molar-refractivity contribution in [3.63, 3.8) is 0 Å². The predicted molar refractivity (Wildman–Crippen MR) is 64.9 cm³/mol. The Labute approximate surface area is 104 Å². The summed E-state index contributed by atoms with van der Waals surface area (Å²) in [5.41, 5.74) is 0.165. The summed E-state index contributed by atoms with van der Waals surface area (Å²) in [5.74, 6) is 0.335. The molecular weight excluding hydrogens is 235 g/mol. The number of benzene rings is 2. The first-order valence-electron chi connectivity index (χ1n) is 5.30. The Hall–Kier alpha value is -2.36. The predicted octanol–water partition coefficient (Wildman–Crippen LogP) is 3.44. The minimum atomic E-state index is -0.581. The van der Waals surface area contributed by atoms with Crippen molar-refractivity contribution in [1.29, 1.82) is 0 Å². The van der Waals surface area contributed by atoms with Gasteiger partial charge >= 0.3 is 0 Å². The van der Waals surface area contributed by atoms with Crippen molar-refractivity contribution in [1.82, 2.24) is 0 Å². The Balaban J connectivity index is 2.36. The molecule has 0 bridgehead atoms. The number of halogens is 1. The largest absolute Gasteiger partial charge is 0.497 e. The van der Waals surface area contributed by atoms with Crippen LogP contribution >= 0.6 is 0 Å². The lowest BCUT2D eigenvalue weighted by atomic mass is 10.2. The summed E-state index contributed by atoms with van der Waals surface area (Å²) in [6.07, 6.45) is 0.554. The van der Waals surface area contributed by atoms with Crippen LogP contribution < -0.4 is 9.47 Å². The summed E-state index contributed by atoms with van der Waals surface area (Å²) >= 11 is 0. The fraction of sp³-hybridized carbons (Fsp3) is 0.0714. The summed E-state index contributed by atoms with van der Waals surface area (Å²) < 4.78 is 24.0. The Morgan fingerprint density at radius 3 is 2.56 bits per heavy atom. The second-order valence-electron chi connectivity index (χ2n) is 3.56. The van der Waals surface area contributed by atoms with Crippen molar-refractivity contribution in [2.24, 2.45) is 0 Å². The molecule has 3 nitrogen and oxygen atoms in total. The first kappa shape index (κ1) is 12.1. The Kier molecular flexibility index (Phi) is 3.57. The minimum absolute atomic E-state index is 0.0826. The average Bonchev–Trinajstić information content (AvgIpc) is 2.41. The molecule has 2 aromatic carbocycles. The molecule has 0 saturated carbocycles. The number of ether oxygens (including phenoxy) is 2. The maximum Gasteiger partial charge on any atom is 0.173 e. The van der Waals surface area contributed by atoms with E-state index in [1.807, 2.05) is 0 Å². The molecule has 2 aromatic rings. The average molecular weight is 246 g/mol. The van der Waals surface area contributed by atoms with Crippen LogP contribution in [0.4, 0.5) is 4.39 Å². The van der Waals surface area contributed by atoms with Gasteiger partial charge in [-0.1, -0.05) is 12.1 Å². The van der Waals surface area contributed by atoms with Gasteiger partial charge in [-0.2, -0.15) is 0 Å². The van der Waals surface area contributed by atoms with Crippen LogP contribution in [0.3, 0.4) is 0 Å². The third-order valence-electron chi connectivity index (χ3n) is 2.39. The molecule has 92 valence electrons. The van der Waals surface area contributed by atoms with Crippen LogP contribution in [0.25, 0.3) is 0 Å². The van der Waals surface area contributed by atoms with Crippen molar-refractivity contribution in [2.75, 3.05) is 7.11 Å². The zero-order valence-electron chi connectivity index (χ0n) is 9.72. The fourth-order valence-corrected chi connectivity index (χ4v) is 1.51. The lowest BCUT2D eigenvalue weighted by Crippen LogP contribution is -1.94. The molecule has 4 heteroatoms. The van der Waals surface area contributed by atoms with E-state index in [4.69, 9.17) is 9.47 Å². The van der Waals surface area contributed by atoms with Crippen molar-refractivity contribution in [3.05, 3.63) is 53.8 Å². The van der Waals surface area contributed by atoms with Crippen molar-refractivity contribution in [3.8, 4) is 17.2 Å². The molecule has 0 fully saturated rings. The van der Waals surface area contributed by atoms with Crippen LogP contribution in [0.5, 0.6) is 17.2 Å². The highest BCUT2D eigenvalue weighted by molar-refractivity contribution is 5.79. The molecule has 0 N–H and O–H groups in total. The molecule has 2 rings (SSSR count). The van der Waals surface area contributed by atoms with Gasteiger partial charge in [0.15, 0.2) is 17.9 Å². The fourth-order valence-electron chi connectivity index (χ4n) is 1.51. The van der Waals surface area contributed by atoms with Crippen molar-refractivity contribution in [2.45, 2.75) is 0 Å². The van der Waals surface area contributed by atoms with Gasteiger partial charge in [0.05, 0.1) is 12.7 Å². The van der Waals surface area contributed by atoms with Gasteiger partial charge in [-0.05, 0) is 24.3 Å². The zero-order valence-corrected chi connectivity index (χ0v) is 9.72. The molecule has 0 radical (unpaired) electrons. The van der Waals surface area contributed by atoms with E-state index in [1.54, 1.807) is 24.3 Å². The lowest BCUT2D eigenvalue weighted by molar-refractivity contribution is 0.112. The summed E-state index contributed by atoms with van der Waals surface area (Å²) in [6.45, 7) is 0. The van der Waals surface area contributed by atoms with Crippen molar-refractivity contribution >= 4 is 6.29 Å². The number of hydrogen-bond donors (Lipinski definition) is 0. The molecule has 0 aliphatic rings. The molecule has 0 amide bonds. The van der Waals surface area contributed by atoms with E-state index >= 15 is 0 Å². The highest BCUT2D eigenvalue weighted by atomic mass is 19.1. The number of aldehydes is 1. The number of methoxy groups -OCH3 is 1. The molecule has 0 aliphatic carbocycles. The normalized spacial score (nSPS) is 9.89. The first-order valence-corrected chi connectivity index (χ1v) is 5.30. The number of hydrogen-bond acceptors (Lipinski definition) is 3. The van der Waals surface area contributed by atoms with Crippen LogP contribution in [0.2, 0.25) is 0 Å². The van der Waals surface area contributed by atoms with E-state index < -0.39 is 5.82 Å². The Morgan fingerprint density at radius 1 is 1.11 bits per heavy atom. The van der Waals surface area contributed by atoms with Gasteiger partial charge in [0.2, 0.25) is 0 Å². The van der Waals surface area contributed by atoms with Gasteiger partial charge in [-0.15, -0.1) is 0 Å². The Bertz CT molecular complexity index is 567. The van der Waals surface area contributed by atoms with E-state index in [2.05, 4.69) is 0 Å². The minimum Gasteiger partial charge on any atom is -0.497 e. The van der Waals surface area contributed by atoms with E-state index in [-0.39, 0.29) is 11.3 Å². The molecule has 0 spiro atoms. The summed E-state index contributed by atoms with van der Waals surface area (Å²) in [6, 6.07) is 10.9.